The third-order valence-electron chi connectivity index (χ3n) is 5.58. The minimum absolute atomic E-state index is 0.0780. The van der Waals surface area contributed by atoms with Crippen LogP contribution in [0.4, 0.5) is 5.69 Å². The van der Waals surface area contributed by atoms with Gasteiger partial charge >= 0.3 is 0 Å². The van der Waals surface area contributed by atoms with Crippen molar-refractivity contribution in [2.75, 3.05) is 31.1 Å². The van der Waals surface area contributed by atoms with E-state index in [-0.39, 0.29) is 24.3 Å². The van der Waals surface area contributed by atoms with Gasteiger partial charge in [-0.05, 0) is 24.1 Å². The molecule has 0 radical (unpaired) electrons. The number of para-hydroxylation sites is 1. The van der Waals surface area contributed by atoms with Gasteiger partial charge in [0.2, 0.25) is 5.91 Å². The minimum atomic E-state index is -0.323. The van der Waals surface area contributed by atoms with Crippen LogP contribution >= 0.6 is 0 Å². The molecule has 1 atom stereocenters. The van der Waals surface area contributed by atoms with Gasteiger partial charge in [0.25, 0.3) is 5.91 Å². The molecule has 5 heteroatoms. The van der Waals surface area contributed by atoms with E-state index >= 15 is 0 Å². The summed E-state index contributed by atoms with van der Waals surface area (Å²) in [5, 5.41) is 0. The smallest absolute Gasteiger partial charge is 0.251 e. The third-order valence-corrected chi connectivity index (χ3v) is 5.58. The molecule has 0 spiro atoms. The van der Waals surface area contributed by atoms with Gasteiger partial charge in [0.1, 0.15) is 0 Å². The van der Waals surface area contributed by atoms with Crippen LogP contribution in [0.1, 0.15) is 17.5 Å². The number of rotatable bonds is 4. The van der Waals surface area contributed by atoms with E-state index in [1.54, 1.807) is 0 Å². The third kappa shape index (κ3) is 3.66. The van der Waals surface area contributed by atoms with E-state index in [0.717, 1.165) is 44.0 Å². The zero-order chi connectivity index (χ0) is 18.8. The van der Waals surface area contributed by atoms with E-state index in [0.29, 0.717) is 0 Å². The Bertz CT molecular complexity index is 828. The van der Waals surface area contributed by atoms with Crippen LogP contribution in [0.15, 0.2) is 54.6 Å². The summed E-state index contributed by atoms with van der Waals surface area (Å²) in [7, 11) is 0. The Labute approximate surface area is 160 Å². The first-order valence-electron chi connectivity index (χ1n) is 9.56. The first-order chi connectivity index (χ1) is 13.1. The normalized spacial score (nSPS) is 21.8. The average molecular weight is 363 g/mol. The summed E-state index contributed by atoms with van der Waals surface area (Å²) >= 11 is 0. The summed E-state index contributed by atoms with van der Waals surface area (Å²) in [6.45, 7) is 6.33. The van der Waals surface area contributed by atoms with Gasteiger partial charge < -0.3 is 0 Å². The zero-order valence-electron chi connectivity index (χ0n) is 15.7. The monoisotopic (exact) mass is 363 g/mol. The van der Waals surface area contributed by atoms with Gasteiger partial charge in [0.05, 0.1) is 18.2 Å². The van der Waals surface area contributed by atoms with Crippen LogP contribution < -0.4 is 4.90 Å². The van der Waals surface area contributed by atoms with E-state index in [2.05, 4.69) is 34.1 Å². The highest BCUT2D eigenvalue weighted by atomic mass is 16.2. The van der Waals surface area contributed by atoms with Crippen molar-refractivity contribution in [2.45, 2.75) is 25.9 Å². The molecular formula is C22H25N3O2. The summed E-state index contributed by atoms with van der Waals surface area (Å²) in [5.74, 6) is -0.170. The number of amides is 2. The zero-order valence-corrected chi connectivity index (χ0v) is 15.7. The fraction of sp³-hybridized carbons (Fsp3) is 0.364. The molecule has 2 aromatic carbocycles. The SMILES string of the molecule is Cc1ccccc1N1C(=O)C[C@H](N2CCN(Cc3ccccc3)CC2)C1=O. The second kappa shape index (κ2) is 7.62. The van der Waals surface area contributed by atoms with Gasteiger partial charge in [-0.1, -0.05) is 48.5 Å². The average Bonchev–Trinajstić information content (AvgIpc) is 2.98. The Balaban J connectivity index is 1.40. The van der Waals surface area contributed by atoms with Crippen LogP contribution in [0.2, 0.25) is 0 Å². The number of nitrogens with zero attached hydrogens (tertiary/aromatic N) is 3. The molecular weight excluding hydrogens is 338 g/mol. The summed E-state index contributed by atoms with van der Waals surface area (Å²) < 4.78 is 0. The van der Waals surface area contributed by atoms with Gasteiger partial charge in [-0.2, -0.15) is 0 Å². The first kappa shape index (κ1) is 17.9. The molecule has 2 heterocycles. The summed E-state index contributed by atoms with van der Waals surface area (Å²) in [4.78, 5) is 31.5. The fourth-order valence-corrected chi connectivity index (χ4v) is 4.04. The van der Waals surface area contributed by atoms with E-state index in [1.165, 1.54) is 10.5 Å². The molecule has 2 amide bonds. The molecule has 140 valence electrons. The van der Waals surface area contributed by atoms with Crippen molar-refractivity contribution >= 4 is 17.5 Å². The fourth-order valence-electron chi connectivity index (χ4n) is 4.04. The quantitative estimate of drug-likeness (QED) is 0.783. The lowest BCUT2D eigenvalue weighted by molar-refractivity contribution is -0.123. The van der Waals surface area contributed by atoms with Crippen LogP contribution in [-0.4, -0.2) is 53.8 Å². The molecule has 2 aliphatic heterocycles. The first-order valence-corrected chi connectivity index (χ1v) is 9.56. The van der Waals surface area contributed by atoms with Gasteiger partial charge in [0, 0.05) is 32.7 Å². The maximum Gasteiger partial charge on any atom is 0.251 e. The molecule has 27 heavy (non-hydrogen) atoms. The molecule has 0 unspecified atom stereocenters. The predicted octanol–water partition coefficient (Wildman–Crippen LogP) is 2.44. The van der Waals surface area contributed by atoms with Crippen molar-refractivity contribution in [1.82, 2.24) is 9.80 Å². The lowest BCUT2D eigenvalue weighted by Gasteiger charge is -2.37. The van der Waals surface area contributed by atoms with E-state index in [9.17, 15) is 9.59 Å². The van der Waals surface area contributed by atoms with Gasteiger partial charge in [-0.15, -0.1) is 0 Å². The summed E-state index contributed by atoms with van der Waals surface area (Å²) in [6.07, 6.45) is 0.284. The second-order valence-corrected chi connectivity index (χ2v) is 7.37. The molecule has 2 aromatic rings. The number of aryl methyl sites for hydroxylation is 1. The number of anilines is 1. The lowest BCUT2D eigenvalue weighted by atomic mass is 10.1. The Hall–Kier alpha value is -2.50. The maximum absolute atomic E-state index is 13.0. The second-order valence-electron chi connectivity index (χ2n) is 7.37. The van der Waals surface area contributed by atoms with Gasteiger partial charge in [0.15, 0.2) is 0 Å². The molecule has 0 aliphatic carbocycles. The number of hydrogen-bond acceptors (Lipinski definition) is 4. The summed E-state index contributed by atoms with van der Waals surface area (Å²) in [6, 6.07) is 17.7. The van der Waals surface area contributed by atoms with E-state index in [4.69, 9.17) is 0 Å². The lowest BCUT2D eigenvalue weighted by Crippen LogP contribution is -2.52. The molecule has 2 aliphatic rings. The molecule has 0 bridgehead atoms. The summed E-state index contributed by atoms with van der Waals surface area (Å²) in [5.41, 5.74) is 2.98. The van der Waals surface area contributed by atoms with Crippen LogP contribution in [-0.2, 0) is 16.1 Å². The van der Waals surface area contributed by atoms with E-state index < -0.39 is 0 Å². The van der Waals surface area contributed by atoms with Crippen LogP contribution in [0.3, 0.4) is 0 Å². The van der Waals surface area contributed by atoms with E-state index in [1.807, 2.05) is 37.3 Å². The number of benzene rings is 2. The number of carbonyl (C=O) groups excluding carboxylic acids is 2. The highest BCUT2D eigenvalue weighted by molar-refractivity contribution is 6.22. The largest absolute Gasteiger partial charge is 0.297 e. The minimum Gasteiger partial charge on any atom is -0.297 e. The number of carbonyl (C=O) groups is 2. The van der Waals surface area contributed by atoms with Crippen molar-refractivity contribution in [3.05, 3.63) is 65.7 Å². The van der Waals surface area contributed by atoms with Crippen LogP contribution in [0.5, 0.6) is 0 Å². The Morgan fingerprint density at radius 2 is 1.56 bits per heavy atom. The van der Waals surface area contributed by atoms with Crippen molar-refractivity contribution in [2.24, 2.45) is 0 Å². The molecule has 0 saturated carbocycles. The van der Waals surface area contributed by atoms with Crippen molar-refractivity contribution in [3.63, 3.8) is 0 Å². The molecule has 2 fully saturated rings. The Morgan fingerprint density at radius 1 is 0.889 bits per heavy atom. The Morgan fingerprint density at radius 3 is 2.26 bits per heavy atom. The number of piperazine rings is 1. The van der Waals surface area contributed by atoms with Crippen LogP contribution in [0.25, 0.3) is 0 Å². The molecule has 0 aromatic heterocycles. The van der Waals surface area contributed by atoms with Crippen molar-refractivity contribution < 1.29 is 9.59 Å². The van der Waals surface area contributed by atoms with Crippen molar-refractivity contribution in [1.29, 1.82) is 0 Å². The van der Waals surface area contributed by atoms with Gasteiger partial charge in [-0.3, -0.25) is 19.4 Å². The highest BCUT2D eigenvalue weighted by Gasteiger charge is 2.43. The highest BCUT2D eigenvalue weighted by Crippen LogP contribution is 2.28. The molecule has 2 saturated heterocycles. The van der Waals surface area contributed by atoms with Gasteiger partial charge in [-0.25, -0.2) is 4.90 Å². The number of hydrogen-bond donors (Lipinski definition) is 0. The predicted molar refractivity (Wildman–Crippen MR) is 105 cm³/mol. The molecule has 4 rings (SSSR count). The maximum atomic E-state index is 13.0. The van der Waals surface area contributed by atoms with Crippen molar-refractivity contribution in [3.8, 4) is 0 Å². The topological polar surface area (TPSA) is 43.9 Å². The molecule has 5 nitrogen and oxygen atoms in total. The number of imide groups is 1. The van der Waals surface area contributed by atoms with Crippen LogP contribution in [0, 0.1) is 6.92 Å². The molecule has 0 N–H and O–H groups in total. The Kier molecular flexibility index (Phi) is 5.05. The standard InChI is InChI=1S/C22H25N3O2/c1-17-7-5-6-10-19(17)25-21(26)15-20(22(25)27)24-13-11-23(12-14-24)16-18-8-3-2-4-9-18/h2-10,20H,11-16H2,1H3/t20-/m0/s1.